The Balaban J connectivity index is 2.13. The Hall–Kier alpha value is -2.27. The number of nitrogens with zero attached hydrogens (tertiary/aromatic N) is 2. The lowest BCUT2D eigenvalue weighted by Gasteiger charge is -2.24. The standard InChI is InChI=1S/C19H22N2/c1-16(2)18-11-9-17(10-12-18)15-21(14-6-13-20)19-7-4-3-5-8-19/h3-5,7-12,16H,6,14-15H2,1-2H3. The molecule has 0 aromatic heterocycles. The average Bonchev–Trinajstić information content (AvgIpc) is 2.52. The van der Waals surface area contributed by atoms with Gasteiger partial charge in [0.15, 0.2) is 0 Å². The van der Waals surface area contributed by atoms with Crippen molar-refractivity contribution in [3.05, 3.63) is 65.7 Å². The van der Waals surface area contributed by atoms with Crippen molar-refractivity contribution in [2.75, 3.05) is 11.4 Å². The Morgan fingerprint density at radius 1 is 1.00 bits per heavy atom. The van der Waals surface area contributed by atoms with Gasteiger partial charge in [0.05, 0.1) is 12.5 Å². The Labute approximate surface area is 127 Å². The molecule has 0 saturated carbocycles. The predicted octanol–water partition coefficient (Wildman–Crippen LogP) is 4.73. The van der Waals surface area contributed by atoms with Crippen molar-refractivity contribution < 1.29 is 0 Å². The van der Waals surface area contributed by atoms with E-state index in [2.05, 4.69) is 61.2 Å². The van der Waals surface area contributed by atoms with E-state index in [1.165, 1.54) is 16.8 Å². The Morgan fingerprint density at radius 3 is 2.24 bits per heavy atom. The van der Waals surface area contributed by atoms with Gasteiger partial charge in [-0.05, 0) is 29.2 Å². The van der Waals surface area contributed by atoms with E-state index >= 15 is 0 Å². The molecule has 0 N–H and O–H groups in total. The topological polar surface area (TPSA) is 27.0 Å². The fourth-order valence-electron chi connectivity index (χ4n) is 2.35. The zero-order chi connectivity index (χ0) is 15.1. The second kappa shape index (κ2) is 7.50. The molecule has 0 radical (unpaired) electrons. The van der Waals surface area contributed by atoms with Gasteiger partial charge < -0.3 is 4.90 Å². The van der Waals surface area contributed by atoms with Crippen molar-refractivity contribution in [1.29, 1.82) is 5.26 Å². The van der Waals surface area contributed by atoms with Gasteiger partial charge in [-0.15, -0.1) is 0 Å². The summed E-state index contributed by atoms with van der Waals surface area (Å²) < 4.78 is 0. The Bertz CT molecular complexity index is 579. The minimum absolute atomic E-state index is 0.541. The monoisotopic (exact) mass is 278 g/mol. The van der Waals surface area contributed by atoms with Crippen molar-refractivity contribution in [2.45, 2.75) is 32.7 Å². The van der Waals surface area contributed by atoms with E-state index in [0.717, 1.165) is 13.1 Å². The van der Waals surface area contributed by atoms with Crippen molar-refractivity contribution >= 4 is 5.69 Å². The summed E-state index contributed by atoms with van der Waals surface area (Å²) >= 11 is 0. The molecule has 0 heterocycles. The summed E-state index contributed by atoms with van der Waals surface area (Å²) in [6, 6.07) is 21.3. The van der Waals surface area contributed by atoms with Gasteiger partial charge >= 0.3 is 0 Å². The van der Waals surface area contributed by atoms with E-state index in [1.54, 1.807) is 0 Å². The molecule has 0 spiro atoms. The van der Waals surface area contributed by atoms with Crippen molar-refractivity contribution in [3.8, 4) is 6.07 Å². The molecule has 0 aliphatic heterocycles. The fourth-order valence-corrected chi connectivity index (χ4v) is 2.35. The summed E-state index contributed by atoms with van der Waals surface area (Å²) in [7, 11) is 0. The maximum Gasteiger partial charge on any atom is 0.0640 e. The molecule has 0 atom stereocenters. The lowest BCUT2D eigenvalue weighted by molar-refractivity contribution is 0.796. The molecule has 2 aromatic rings. The normalized spacial score (nSPS) is 10.4. The van der Waals surface area contributed by atoms with E-state index in [1.807, 2.05) is 18.2 Å². The summed E-state index contributed by atoms with van der Waals surface area (Å²) in [5, 5.41) is 8.85. The first-order valence-electron chi connectivity index (χ1n) is 7.46. The Kier molecular flexibility index (Phi) is 5.40. The number of rotatable bonds is 6. The second-order valence-electron chi connectivity index (χ2n) is 5.56. The van der Waals surface area contributed by atoms with Crippen LogP contribution in [0.25, 0.3) is 0 Å². The van der Waals surface area contributed by atoms with E-state index in [9.17, 15) is 0 Å². The molecule has 0 saturated heterocycles. The summed E-state index contributed by atoms with van der Waals surface area (Å²) in [6.45, 7) is 6.01. The summed E-state index contributed by atoms with van der Waals surface area (Å²) in [5.74, 6) is 0.558. The first-order chi connectivity index (χ1) is 10.2. The van der Waals surface area contributed by atoms with Crippen molar-refractivity contribution in [3.63, 3.8) is 0 Å². The van der Waals surface area contributed by atoms with E-state index in [-0.39, 0.29) is 0 Å². The quantitative estimate of drug-likeness (QED) is 0.763. The van der Waals surface area contributed by atoms with E-state index < -0.39 is 0 Å². The Morgan fingerprint density at radius 2 is 1.67 bits per heavy atom. The van der Waals surface area contributed by atoms with Crippen LogP contribution >= 0.6 is 0 Å². The third-order valence-corrected chi connectivity index (χ3v) is 3.63. The first-order valence-corrected chi connectivity index (χ1v) is 7.46. The lowest BCUT2D eigenvalue weighted by Crippen LogP contribution is -2.23. The third-order valence-electron chi connectivity index (χ3n) is 3.63. The van der Waals surface area contributed by atoms with Crippen LogP contribution in [0, 0.1) is 11.3 Å². The highest BCUT2D eigenvalue weighted by Crippen LogP contribution is 2.19. The van der Waals surface area contributed by atoms with Gasteiger partial charge in [0.25, 0.3) is 0 Å². The van der Waals surface area contributed by atoms with Gasteiger partial charge in [-0.2, -0.15) is 5.26 Å². The summed E-state index contributed by atoms with van der Waals surface area (Å²) in [5.41, 5.74) is 3.81. The zero-order valence-corrected chi connectivity index (χ0v) is 12.8. The van der Waals surface area contributed by atoms with Crippen LogP contribution in [0.5, 0.6) is 0 Å². The molecule has 0 bridgehead atoms. The molecule has 2 rings (SSSR count). The van der Waals surface area contributed by atoms with Gasteiger partial charge in [-0.3, -0.25) is 0 Å². The van der Waals surface area contributed by atoms with E-state index in [0.29, 0.717) is 12.3 Å². The molecule has 0 fully saturated rings. The second-order valence-corrected chi connectivity index (χ2v) is 5.56. The highest BCUT2D eigenvalue weighted by Gasteiger charge is 2.07. The zero-order valence-electron chi connectivity index (χ0n) is 12.8. The lowest BCUT2D eigenvalue weighted by atomic mass is 10.0. The van der Waals surface area contributed by atoms with Gasteiger partial charge in [0, 0.05) is 18.8 Å². The molecule has 0 unspecified atom stereocenters. The molecule has 108 valence electrons. The number of para-hydroxylation sites is 1. The molecule has 0 aliphatic carbocycles. The fraction of sp³-hybridized carbons (Fsp3) is 0.316. The summed E-state index contributed by atoms with van der Waals surface area (Å²) in [4.78, 5) is 2.26. The maximum absolute atomic E-state index is 8.85. The van der Waals surface area contributed by atoms with Crippen LogP contribution in [0.4, 0.5) is 5.69 Å². The molecule has 2 aromatic carbocycles. The van der Waals surface area contributed by atoms with Crippen LogP contribution < -0.4 is 4.90 Å². The number of anilines is 1. The molecular formula is C19H22N2. The van der Waals surface area contributed by atoms with Gasteiger partial charge in [0.1, 0.15) is 0 Å². The van der Waals surface area contributed by atoms with Crippen LogP contribution in [-0.4, -0.2) is 6.54 Å². The average molecular weight is 278 g/mol. The number of hydrogen-bond acceptors (Lipinski definition) is 2. The predicted molar refractivity (Wildman–Crippen MR) is 88.3 cm³/mol. The van der Waals surface area contributed by atoms with Gasteiger partial charge in [0.2, 0.25) is 0 Å². The maximum atomic E-state index is 8.85. The molecule has 0 aliphatic rings. The number of nitriles is 1. The minimum Gasteiger partial charge on any atom is -0.366 e. The SMILES string of the molecule is CC(C)c1ccc(CN(CCC#N)c2ccccc2)cc1. The first kappa shape index (κ1) is 15.1. The molecular weight excluding hydrogens is 256 g/mol. The minimum atomic E-state index is 0.541. The van der Waals surface area contributed by atoms with Crippen LogP contribution in [0.3, 0.4) is 0 Å². The van der Waals surface area contributed by atoms with Crippen LogP contribution in [-0.2, 0) is 6.54 Å². The van der Waals surface area contributed by atoms with E-state index in [4.69, 9.17) is 5.26 Å². The smallest absolute Gasteiger partial charge is 0.0640 e. The molecule has 2 nitrogen and oxygen atoms in total. The number of hydrogen-bond donors (Lipinski definition) is 0. The summed E-state index contributed by atoms with van der Waals surface area (Å²) in [6.07, 6.45) is 0.541. The highest BCUT2D eigenvalue weighted by molar-refractivity contribution is 5.47. The van der Waals surface area contributed by atoms with Gasteiger partial charge in [-0.1, -0.05) is 56.3 Å². The largest absolute Gasteiger partial charge is 0.366 e. The van der Waals surface area contributed by atoms with Crippen molar-refractivity contribution in [2.24, 2.45) is 0 Å². The number of benzene rings is 2. The van der Waals surface area contributed by atoms with Crippen LogP contribution in [0.2, 0.25) is 0 Å². The third kappa shape index (κ3) is 4.36. The molecule has 0 amide bonds. The highest BCUT2D eigenvalue weighted by atomic mass is 15.1. The van der Waals surface area contributed by atoms with Crippen molar-refractivity contribution in [1.82, 2.24) is 0 Å². The van der Waals surface area contributed by atoms with Gasteiger partial charge in [-0.25, -0.2) is 0 Å². The van der Waals surface area contributed by atoms with Crippen LogP contribution in [0.1, 0.15) is 37.3 Å². The molecule has 21 heavy (non-hydrogen) atoms. The molecule has 2 heteroatoms. The van der Waals surface area contributed by atoms with Crippen LogP contribution in [0.15, 0.2) is 54.6 Å².